The van der Waals surface area contributed by atoms with Crippen molar-refractivity contribution in [3.05, 3.63) is 16.2 Å². The van der Waals surface area contributed by atoms with Gasteiger partial charge in [0.15, 0.2) is 5.00 Å². The van der Waals surface area contributed by atoms with Crippen molar-refractivity contribution < 1.29 is 13.3 Å². The molecule has 1 heterocycles. The van der Waals surface area contributed by atoms with Crippen LogP contribution in [-0.4, -0.2) is 33.5 Å². The SMILES string of the molecule is CC(C)NS(=O)(=O)c1cc([N+](=O)[O-])c(N(C)C)s1. The first-order valence-electron chi connectivity index (χ1n) is 5.13. The third kappa shape index (κ3) is 3.18. The van der Waals surface area contributed by atoms with Gasteiger partial charge in [0.25, 0.3) is 10.0 Å². The molecule has 0 spiro atoms. The lowest BCUT2D eigenvalue weighted by Crippen LogP contribution is -2.29. The molecule has 18 heavy (non-hydrogen) atoms. The molecule has 7 nitrogen and oxygen atoms in total. The molecule has 0 unspecified atom stereocenters. The first kappa shape index (κ1) is 14.9. The molecule has 1 rings (SSSR count). The maximum Gasteiger partial charge on any atom is 0.305 e. The van der Waals surface area contributed by atoms with Gasteiger partial charge in [-0.15, -0.1) is 0 Å². The molecule has 1 N–H and O–H groups in total. The van der Waals surface area contributed by atoms with Gasteiger partial charge in [0.1, 0.15) is 4.21 Å². The van der Waals surface area contributed by atoms with Crippen LogP contribution in [0.5, 0.6) is 0 Å². The summed E-state index contributed by atoms with van der Waals surface area (Å²) in [6.07, 6.45) is 0. The molecule has 9 heteroatoms. The van der Waals surface area contributed by atoms with Crippen LogP contribution in [0, 0.1) is 10.1 Å². The number of hydrogen-bond acceptors (Lipinski definition) is 6. The van der Waals surface area contributed by atoms with Crippen LogP contribution in [-0.2, 0) is 10.0 Å². The predicted octanol–water partition coefficient (Wildman–Crippen LogP) is 1.41. The van der Waals surface area contributed by atoms with Gasteiger partial charge in [-0.2, -0.15) is 0 Å². The molecule has 0 aliphatic heterocycles. The molecule has 0 saturated heterocycles. The molecule has 0 atom stereocenters. The highest BCUT2D eigenvalue weighted by Crippen LogP contribution is 2.38. The molecule has 0 aliphatic carbocycles. The van der Waals surface area contributed by atoms with E-state index in [4.69, 9.17) is 0 Å². The van der Waals surface area contributed by atoms with Gasteiger partial charge in [-0.05, 0) is 13.8 Å². The average Bonchev–Trinajstić information content (AvgIpc) is 2.59. The maximum absolute atomic E-state index is 11.9. The van der Waals surface area contributed by atoms with E-state index in [-0.39, 0.29) is 15.9 Å². The number of rotatable bonds is 5. The Balaban J connectivity index is 3.28. The number of anilines is 1. The smallest absolute Gasteiger partial charge is 0.305 e. The average molecular weight is 293 g/mol. The van der Waals surface area contributed by atoms with Gasteiger partial charge in [0, 0.05) is 26.2 Å². The van der Waals surface area contributed by atoms with E-state index in [1.54, 1.807) is 27.9 Å². The Morgan fingerprint density at radius 1 is 1.44 bits per heavy atom. The quantitative estimate of drug-likeness (QED) is 0.654. The second-order valence-electron chi connectivity index (χ2n) is 4.18. The van der Waals surface area contributed by atoms with Gasteiger partial charge in [-0.3, -0.25) is 10.1 Å². The second-order valence-corrected chi connectivity index (χ2v) is 7.15. The standard InChI is InChI=1S/C9H15N3O4S2/c1-6(2)10-18(15,16)8-5-7(12(13)14)9(17-8)11(3)4/h5-6,10H,1-4H3. The van der Waals surface area contributed by atoms with Crippen LogP contribution >= 0.6 is 11.3 Å². The maximum atomic E-state index is 11.9. The minimum absolute atomic E-state index is 0.0494. The highest BCUT2D eigenvalue weighted by molar-refractivity contribution is 7.91. The number of sulfonamides is 1. The van der Waals surface area contributed by atoms with Gasteiger partial charge < -0.3 is 4.90 Å². The molecule has 0 amide bonds. The van der Waals surface area contributed by atoms with E-state index in [1.807, 2.05) is 0 Å². The van der Waals surface area contributed by atoms with Crippen molar-refractivity contribution in [2.45, 2.75) is 24.1 Å². The highest BCUT2D eigenvalue weighted by atomic mass is 32.2. The summed E-state index contributed by atoms with van der Waals surface area (Å²) in [6, 6.07) is 0.823. The Kier molecular flexibility index (Phi) is 4.30. The third-order valence-electron chi connectivity index (χ3n) is 1.93. The zero-order chi connectivity index (χ0) is 14.1. The largest absolute Gasteiger partial charge is 0.364 e. The van der Waals surface area contributed by atoms with Crippen LogP contribution in [0.4, 0.5) is 10.7 Å². The molecule has 0 radical (unpaired) electrons. The van der Waals surface area contributed by atoms with Crippen LogP contribution in [0.1, 0.15) is 13.8 Å². The van der Waals surface area contributed by atoms with Crippen molar-refractivity contribution in [3.63, 3.8) is 0 Å². The third-order valence-corrected chi connectivity index (χ3v) is 5.35. The Morgan fingerprint density at radius 3 is 2.33 bits per heavy atom. The van der Waals surface area contributed by atoms with Crippen LogP contribution < -0.4 is 9.62 Å². The van der Waals surface area contributed by atoms with Crippen molar-refractivity contribution in [2.75, 3.05) is 19.0 Å². The van der Waals surface area contributed by atoms with Crippen molar-refractivity contribution in [1.29, 1.82) is 0 Å². The van der Waals surface area contributed by atoms with E-state index in [2.05, 4.69) is 4.72 Å². The van der Waals surface area contributed by atoms with Crippen molar-refractivity contribution in [3.8, 4) is 0 Å². The van der Waals surface area contributed by atoms with Crippen molar-refractivity contribution in [1.82, 2.24) is 4.72 Å². The monoisotopic (exact) mass is 293 g/mol. The van der Waals surface area contributed by atoms with E-state index in [0.29, 0.717) is 5.00 Å². The molecule has 1 aromatic rings. The van der Waals surface area contributed by atoms with Gasteiger partial charge in [0.2, 0.25) is 0 Å². The normalized spacial score (nSPS) is 11.8. The fourth-order valence-electron chi connectivity index (χ4n) is 1.30. The fraction of sp³-hybridized carbons (Fsp3) is 0.556. The summed E-state index contributed by atoms with van der Waals surface area (Å²) in [5, 5.41) is 11.2. The summed E-state index contributed by atoms with van der Waals surface area (Å²) in [4.78, 5) is 11.8. The molecule has 1 aromatic heterocycles. The van der Waals surface area contributed by atoms with Gasteiger partial charge in [-0.25, -0.2) is 13.1 Å². The number of nitrogens with zero attached hydrogens (tertiary/aromatic N) is 2. The minimum Gasteiger partial charge on any atom is -0.364 e. The number of nitro groups is 1. The van der Waals surface area contributed by atoms with Crippen LogP contribution in [0.3, 0.4) is 0 Å². The fourth-order valence-corrected chi connectivity index (χ4v) is 3.91. The van der Waals surface area contributed by atoms with E-state index in [9.17, 15) is 18.5 Å². The summed E-state index contributed by atoms with van der Waals surface area (Å²) in [7, 11) is -0.431. The van der Waals surface area contributed by atoms with Gasteiger partial charge >= 0.3 is 5.69 Å². The molecular weight excluding hydrogens is 278 g/mol. The topological polar surface area (TPSA) is 92.5 Å². The molecule has 0 aromatic carbocycles. The minimum atomic E-state index is -3.69. The zero-order valence-electron chi connectivity index (χ0n) is 10.5. The Hall–Kier alpha value is -1.19. The van der Waals surface area contributed by atoms with Gasteiger partial charge in [-0.1, -0.05) is 11.3 Å². The van der Waals surface area contributed by atoms with E-state index < -0.39 is 14.9 Å². The molecule has 0 fully saturated rings. The first-order valence-corrected chi connectivity index (χ1v) is 7.43. The molecular formula is C9H15N3O4S2. The van der Waals surface area contributed by atoms with E-state index in [1.165, 1.54) is 4.90 Å². The van der Waals surface area contributed by atoms with E-state index in [0.717, 1.165) is 17.4 Å². The Labute approximate surface area is 110 Å². The zero-order valence-corrected chi connectivity index (χ0v) is 12.1. The van der Waals surface area contributed by atoms with Crippen molar-refractivity contribution in [2.24, 2.45) is 0 Å². The molecule has 102 valence electrons. The summed E-state index contributed by atoms with van der Waals surface area (Å²) < 4.78 is 26.2. The second kappa shape index (κ2) is 5.21. The lowest BCUT2D eigenvalue weighted by atomic mass is 10.4. The van der Waals surface area contributed by atoms with Crippen molar-refractivity contribution >= 4 is 32.0 Å². The molecule has 0 saturated carbocycles. The lowest BCUT2D eigenvalue weighted by Gasteiger charge is -2.08. The number of thiophene rings is 1. The predicted molar refractivity (Wildman–Crippen MR) is 70.8 cm³/mol. The summed E-state index contributed by atoms with van der Waals surface area (Å²) >= 11 is 0.879. The van der Waals surface area contributed by atoms with E-state index >= 15 is 0 Å². The van der Waals surface area contributed by atoms with Crippen LogP contribution in [0.15, 0.2) is 10.3 Å². The Morgan fingerprint density at radius 2 is 2.00 bits per heavy atom. The number of hydrogen-bond donors (Lipinski definition) is 1. The summed E-state index contributed by atoms with van der Waals surface area (Å²) in [6.45, 7) is 3.37. The Bertz CT molecular complexity index is 548. The number of nitrogens with one attached hydrogen (secondary N) is 1. The lowest BCUT2D eigenvalue weighted by molar-refractivity contribution is -0.383. The summed E-state index contributed by atoms with van der Waals surface area (Å²) in [5.74, 6) is 0. The van der Waals surface area contributed by atoms with Crippen LogP contribution in [0.25, 0.3) is 0 Å². The van der Waals surface area contributed by atoms with Crippen LogP contribution in [0.2, 0.25) is 0 Å². The highest BCUT2D eigenvalue weighted by Gasteiger charge is 2.27. The summed E-state index contributed by atoms with van der Waals surface area (Å²) in [5.41, 5.74) is -0.200. The van der Waals surface area contributed by atoms with Gasteiger partial charge in [0.05, 0.1) is 4.92 Å². The molecule has 0 bridgehead atoms. The molecule has 0 aliphatic rings. The first-order chi connectivity index (χ1) is 8.15.